The number of hydrogen-bond donors (Lipinski definition) is 0. The monoisotopic (exact) mass is 396 g/mol. The highest BCUT2D eigenvalue weighted by atomic mass is 32.1. The van der Waals surface area contributed by atoms with Crippen molar-refractivity contribution in [1.82, 2.24) is 9.80 Å². The molecule has 1 aromatic heterocycles. The molecule has 0 saturated carbocycles. The molecule has 4 atom stereocenters. The summed E-state index contributed by atoms with van der Waals surface area (Å²) >= 11 is 1.61. The number of piperidine rings is 3. The number of carbonyl (C=O) groups excluding carboxylic acids is 2. The molecule has 0 spiro atoms. The number of rotatable bonds is 3. The van der Waals surface area contributed by atoms with E-state index in [1.165, 1.54) is 11.1 Å². The van der Waals surface area contributed by atoms with Gasteiger partial charge in [0.1, 0.15) is 0 Å². The highest BCUT2D eigenvalue weighted by Gasteiger charge is 2.49. The minimum atomic E-state index is 0.182. The molecule has 0 aliphatic carbocycles. The van der Waals surface area contributed by atoms with Crippen molar-refractivity contribution in [3.05, 3.63) is 35.2 Å². The molecule has 3 aliphatic rings. The maximum absolute atomic E-state index is 13.3. The molecule has 5 heteroatoms. The van der Waals surface area contributed by atoms with Crippen molar-refractivity contribution >= 4 is 33.2 Å². The minimum absolute atomic E-state index is 0.182. The molecule has 2 aromatic rings. The second-order valence-corrected chi connectivity index (χ2v) is 9.81. The average molecular weight is 397 g/mol. The summed E-state index contributed by atoms with van der Waals surface area (Å²) in [6.07, 6.45) is 6.14. The van der Waals surface area contributed by atoms with Gasteiger partial charge in [-0.15, -0.1) is 11.3 Å². The van der Waals surface area contributed by atoms with E-state index in [4.69, 9.17) is 0 Å². The Kier molecular flexibility index (Phi) is 4.66. The Morgan fingerprint density at radius 1 is 1.21 bits per heavy atom. The van der Waals surface area contributed by atoms with Crippen LogP contribution in [-0.4, -0.2) is 46.8 Å². The van der Waals surface area contributed by atoms with Gasteiger partial charge in [-0.3, -0.25) is 9.59 Å². The summed E-state index contributed by atoms with van der Waals surface area (Å²) in [5.74, 6) is 1.40. The molecular weight excluding hydrogens is 368 g/mol. The van der Waals surface area contributed by atoms with Crippen molar-refractivity contribution in [2.45, 2.75) is 57.5 Å². The van der Waals surface area contributed by atoms with E-state index in [2.05, 4.69) is 28.9 Å². The van der Waals surface area contributed by atoms with Crippen LogP contribution in [0.3, 0.4) is 0 Å². The lowest BCUT2D eigenvalue weighted by molar-refractivity contribution is -0.152. The van der Waals surface area contributed by atoms with E-state index < -0.39 is 0 Å². The number of nitrogens with zero attached hydrogens (tertiary/aromatic N) is 2. The van der Waals surface area contributed by atoms with Gasteiger partial charge in [0.05, 0.1) is 4.88 Å². The number of likely N-dealkylation sites (tertiary alicyclic amines) is 1. The Hall–Kier alpha value is -1.88. The first-order valence-corrected chi connectivity index (χ1v) is 11.6. The molecule has 3 fully saturated rings. The van der Waals surface area contributed by atoms with Gasteiger partial charge in [0.15, 0.2) is 0 Å². The second kappa shape index (κ2) is 7.18. The second-order valence-electron chi connectivity index (χ2n) is 8.73. The molecule has 3 saturated heterocycles. The smallest absolute Gasteiger partial charge is 0.263 e. The first-order valence-electron chi connectivity index (χ1n) is 10.7. The van der Waals surface area contributed by atoms with E-state index in [9.17, 15) is 9.59 Å². The summed E-state index contributed by atoms with van der Waals surface area (Å²) in [6, 6.07) is 10.9. The highest BCUT2D eigenvalue weighted by molar-refractivity contribution is 7.20. The van der Waals surface area contributed by atoms with Gasteiger partial charge < -0.3 is 9.80 Å². The van der Waals surface area contributed by atoms with E-state index in [0.717, 1.165) is 49.0 Å². The van der Waals surface area contributed by atoms with Crippen molar-refractivity contribution in [1.29, 1.82) is 0 Å². The van der Waals surface area contributed by atoms with Gasteiger partial charge in [0.2, 0.25) is 5.91 Å². The Morgan fingerprint density at radius 2 is 2.04 bits per heavy atom. The first-order chi connectivity index (χ1) is 13.7. The van der Waals surface area contributed by atoms with Gasteiger partial charge in [-0.05, 0) is 55.0 Å². The van der Waals surface area contributed by atoms with E-state index in [-0.39, 0.29) is 5.91 Å². The fourth-order valence-electron chi connectivity index (χ4n) is 5.85. The highest BCUT2D eigenvalue weighted by Crippen LogP contribution is 2.43. The van der Waals surface area contributed by atoms with Crippen molar-refractivity contribution < 1.29 is 9.59 Å². The van der Waals surface area contributed by atoms with Crippen LogP contribution < -0.4 is 0 Å². The largest absolute Gasteiger partial charge is 0.337 e. The lowest BCUT2D eigenvalue weighted by atomic mass is 9.71. The molecule has 3 aliphatic heterocycles. The van der Waals surface area contributed by atoms with Gasteiger partial charge in [0, 0.05) is 36.3 Å². The third-order valence-electron chi connectivity index (χ3n) is 7.00. The predicted octanol–water partition coefficient (Wildman–Crippen LogP) is 4.54. The SMILES string of the molecule is CCC[C@H]1[C@H]2C[C@H](CN(C(=O)c3cc4ccccc4s3)C2)[C@@H]2CCCC(=O)N21. The predicted molar refractivity (Wildman–Crippen MR) is 113 cm³/mol. The summed E-state index contributed by atoms with van der Waals surface area (Å²) in [7, 11) is 0. The lowest BCUT2D eigenvalue weighted by Gasteiger charge is -2.56. The molecule has 5 rings (SSSR count). The summed E-state index contributed by atoms with van der Waals surface area (Å²) in [6.45, 7) is 3.81. The molecule has 28 heavy (non-hydrogen) atoms. The van der Waals surface area contributed by atoms with Crippen LogP contribution in [0.5, 0.6) is 0 Å². The third-order valence-corrected chi connectivity index (χ3v) is 8.11. The Bertz CT molecular complexity index is 874. The number of thiophene rings is 1. The molecule has 1 aromatic carbocycles. The van der Waals surface area contributed by atoms with Crippen LogP contribution in [0.25, 0.3) is 10.1 Å². The van der Waals surface area contributed by atoms with E-state index in [0.29, 0.717) is 36.2 Å². The van der Waals surface area contributed by atoms with Crippen LogP contribution >= 0.6 is 11.3 Å². The van der Waals surface area contributed by atoms with Gasteiger partial charge in [-0.1, -0.05) is 31.5 Å². The first kappa shape index (κ1) is 18.2. The summed E-state index contributed by atoms with van der Waals surface area (Å²) < 4.78 is 1.18. The zero-order valence-electron chi connectivity index (χ0n) is 16.5. The van der Waals surface area contributed by atoms with Crippen LogP contribution in [0.4, 0.5) is 0 Å². The quantitative estimate of drug-likeness (QED) is 0.764. The maximum Gasteiger partial charge on any atom is 0.263 e. The minimum Gasteiger partial charge on any atom is -0.337 e. The third kappa shape index (κ3) is 2.95. The maximum atomic E-state index is 13.3. The van der Waals surface area contributed by atoms with Gasteiger partial charge in [-0.2, -0.15) is 0 Å². The molecule has 0 unspecified atom stereocenters. The molecule has 2 bridgehead atoms. The molecule has 4 heterocycles. The van der Waals surface area contributed by atoms with Gasteiger partial charge >= 0.3 is 0 Å². The average Bonchev–Trinajstić information content (AvgIpc) is 3.15. The molecule has 0 radical (unpaired) electrons. The zero-order valence-corrected chi connectivity index (χ0v) is 17.3. The Balaban J connectivity index is 1.42. The summed E-state index contributed by atoms with van der Waals surface area (Å²) in [5, 5.41) is 1.15. The van der Waals surface area contributed by atoms with E-state index >= 15 is 0 Å². The standard InChI is InChI=1S/C23H28N2O2S/c1-2-6-18-16-11-17(19-8-5-10-22(26)25(18)19)14-24(13-16)23(27)21-12-15-7-3-4-9-20(15)28-21/h3-4,7,9,12,16-19H,2,5-6,8,10-11,13-14H2,1H3/t16-,17+,18-,19-/m0/s1. The van der Waals surface area contributed by atoms with Crippen molar-refractivity contribution in [2.24, 2.45) is 11.8 Å². The normalized spacial score (nSPS) is 29.8. The van der Waals surface area contributed by atoms with Gasteiger partial charge in [-0.25, -0.2) is 0 Å². The van der Waals surface area contributed by atoms with E-state index in [1.54, 1.807) is 11.3 Å². The molecule has 4 nitrogen and oxygen atoms in total. The Labute approximate surface area is 170 Å². The van der Waals surface area contributed by atoms with Crippen LogP contribution in [0, 0.1) is 11.8 Å². The number of hydrogen-bond acceptors (Lipinski definition) is 3. The summed E-state index contributed by atoms with van der Waals surface area (Å²) in [5.41, 5.74) is 0. The van der Waals surface area contributed by atoms with Crippen molar-refractivity contribution in [2.75, 3.05) is 13.1 Å². The molecule has 0 N–H and O–H groups in total. The number of fused-ring (bicyclic) bond motifs is 5. The molecule has 2 amide bonds. The molecular formula is C23H28N2O2S. The number of carbonyl (C=O) groups is 2. The Morgan fingerprint density at radius 3 is 2.86 bits per heavy atom. The fraction of sp³-hybridized carbons (Fsp3) is 0.565. The topological polar surface area (TPSA) is 40.6 Å². The van der Waals surface area contributed by atoms with Gasteiger partial charge in [0.25, 0.3) is 5.91 Å². The van der Waals surface area contributed by atoms with E-state index in [1.807, 2.05) is 18.2 Å². The van der Waals surface area contributed by atoms with Crippen molar-refractivity contribution in [3.63, 3.8) is 0 Å². The number of amides is 2. The van der Waals surface area contributed by atoms with Crippen LogP contribution in [-0.2, 0) is 4.79 Å². The van der Waals surface area contributed by atoms with Crippen LogP contribution in [0.1, 0.15) is 55.1 Å². The lowest BCUT2D eigenvalue weighted by Crippen LogP contribution is -2.65. The summed E-state index contributed by atoms with van der Waals surface area (Å²) in [4.78, 5) is 31.3. The zero-order chi connectivity index (χ0) is 19.3. The van der Waals surface area contributed by atoms with Crippen LogP contribution in [0.15, 0.2) is 30.3 Å². The number of benzene rings is 1. The fourth-order valence-corrected chi connectivity index (χ4v) is 6.88. The van der Waals surface area contributed by atoms with Crippen molar-refractivity contribution in [3.8, 4) is 0 Å². The van der Waals surface area contributed by atoms with Crippen LogP contribution in [0.2, 0.25) is 0 Å². The molecule has 148 valence electrons.